The lowest BCUT2D eigenvalue weighted by molar-refractivity contribution is -0.192. The van der Waals surface area contributed by atoms with E-state index >= 15 is 0 Å². The number of nitrogens with zero attached hydrogens (tertiary/aromatic N) is 4. The Bertz CT molecular complexity index is 2070. The minimum absolute atomic E-state index is 0.0504. The van der Waals surface area contributed by atoms with Crippen LogP contribution in [0.15, 0.2) is 47.5 Å². The van der Waals surface area contributed by atoms with Gasteiger partial charge in [0.25, 0.3) is 0 Å². The number of fused-ring (bicyclic) bond motifs is 3. The zero-order chi connectivity index (χ0) is 37.0. The largest absolute Gasteiger partial charge is 0.490 e. The molecule has 0 fully saturated rings. The van der Waals surface area contributed by atoms with Crippen molar-refractivity contribution in [3.8, 4) is 16.8 Å². The lowest BCUT2D eigenvalue weighted by Gasteiger charge is -2.14. The number of aliphatic carboxylic acids is 1. The predicted molar refractivity (Wildman–Crippen MR) is 179 cm³/mol. The third-order valence-electron chi connectivity index (χ3n) is 7.08. The summed E-state index contributed by atoms with van der Waals surface area (Å²) >= 11 is 7.81. The molecule has 1 aliphatic heterocycles. The molecular weight excluding hydrogens is 724 g/mol. The molecule has 6 N–H and O–H groups in total. The van der Waals surface area contributed by atoms with Gasteiger partial charge in [-0.05, 0) is 62.2 Å². The minimum atomic E-state index is -5.08. The second kappa shape index (κ2) is 15.7. The van der Waals surface area contributed by atoms with Crippen molar-refractivity contribution in [2.24, 2.45) is 10.7 Å². The number of carboxylic acids is 1. The molecule has 3 heterocycles. The number of anilines is 1. The molecule has 0 bridgehead atoms. The molecule has 1 aliphatic rings. The maximum Gasteiger partial charge on any atom is 0.490 e. The minimum Gasteiger partial charge on any atom is -0.475 e. The van der Waals surface area contributed by atoms with Crippen molar-refractivity contribution in [3.05, 3.63) is 91.8 Å². The normalized spacial score (nSPS) is 13.8. The van der Waals surface area contributed by atoms with E-state index in [0.29, 0.717) is 33.5 Å². The van der Waals surface area contributed by atoms with Gasteiger partial charge in [-0.3, -0.25) is 18.9 Å². The molecule has 19 heteroatoms. The van der Waals surface area contributed by atoms with Gasteiger partial charge in [-0.15, -0.1) is 21.5 Å². The fraction of sp³-hybridized carbons (Fsp3) is 0.258. The smallest absolute Gasteiger partial charge is 0.475 e. The van der Waals surface area contributed by atoms with Crippen LogP contribution in [0.1, 0.15) is 56.8 Å². The first-order valence-corrected chi connectivity index (χ1v) is 17.1. The maximum absolute atomic E-state index is 13.5. The summed E-state index contributed by atoms with van der Waals surface area (Å²) in [5.74, 6) is 3.68. The van der Waals surface area contributed by atoms with Gasteiger partial charge in [-0.25, -0.2) is 9.36 Å². The van der Waals surface area contributed by atoms with Gasteiger partial charge in [0.2, 0.25) is 5.91 Å². The highest BCUT2D eigenvalue weighted by Gasteiger charge is 2.38. The van der Waals surface area contributed by atoms with Gasteiger partial charge in [-0.1, -0.05) is 35.6 Å². The Morgan fingerprint density at radius 3 is 2.40 bits per heavy atom. The Balaban J connectivity index is 0.000000727. The molecule has 264 valence electrons. The van der Waals surface area contributed by atoms with Crippen LogP contribution < -0.4 is 11.1 Å². The number of nitrogens with two attached hydrogens (primary N) is 1. The fourth-order valence-corrected chi connectivity index (χ4v) is 6.38. The van der Waals surface area contributed by atoms with Gasteiger partial charge in [0.05, 0.1) is 25.3 Å². The summed E-state index contributed by atoms with van der Waals surface area (Å²) in [5, 5.41) is 20.3. The highest BCUT2D eigenvalue weighted by molar-refractivity contribution is 7.46. The number of halogens is 4. The van der Waals surface area contributed by atoms with Crippen molar-refractivity contribution in [2.75, 3.05) is 11.9 Å². The number of carbonyl (C=O) groups excluding carboxylic acids is 1. The van der Waals surface area contributed by atoms with E-state index in [1.54, 1.807) is 41.7 Å². The number of carbonyl (C=O) groups is 2. The van der Waals surface area contributed by atoms with Crippen LogP contribution in [0.3, 0.4) is 0 Å². The number of hydrogen-bond donors (Lipinski definition) is 5. The van der Waals surface area contributed by atoms with Gasteiger partial charge in [0.15, 0.2) is 5.82 Å². The summed E-state index contributed by atoms with van der Waals surface area (Å²) in [6, 6.07) is 11.6. The predicted octanol–water partition coefficient (Wildman–Crippen LogP) is 5.38. The first-order valence-electron chi connectivity index (χ1n) is 14.4. The van der Waals surface area contributed by atoms with E-state index in [4.69, 9.17) is 32.2 Å². The zero-order valence-electron chi connectivity index (χ0n) is 26.4. The number of rotatable bonds is 7. The molecule has 0 radical (unpaired) electrons. The van der Waals surface area contributed by atoms with Crippen LogP contribution in [0.4, 0.5) is 18.9 Å². The number of hydrogen-bond acceptors (Lipinski definition) is 9. The number of amides is 1. The molecule has 1 atom stereocenters. The summed E-state index contributed by atoms with van der Waals surface area (Å²) < 4.78 is 49.7. The van der Waals surface area contributed by atoms with E-state index in [1.807, 2.05) is 23.6 Å². The van der Waals surface area contributed by atoms with Crippen LogP contribution >= 0.6 is 30.8 Å². The number of carboxylic acid groups (broad SMARTS) is 1. The van der Waals surface area contributed by atoms with Crippen LogP contribution in [-0.2, 0) is 25.3 Å². The SMILES string of the molecule is Cc1sc2c(c1C)C(c1ccc(Cl)cc1)=N[C@@H](CC(=O)Nc1ccc(C#CCN)c(COP(=O)(O)O)c1)c1nnc(C)n1-2.O=C(O)C(F)(F)F. The molecular formula is C31H29ClF3N6O7PS. The first-order chi connectivity index (χ1) is 23.4. The van der Waals surface area contributed by atoms with Gasteiger partial charge < -0.3 is 25.9 Å². The van der Waals surface area contributed by atoms with Crippen LogP contribution in [0, 0.1) is 32.6 Å². The number of nitrogens with one attached hydrogen (secondary N) is 1. The molecule has 0 spiro atoms. The molecule has 0 saturated heterocycles. The Morgan fingerprint density at radius 1 is 1.14 bits per heavy atom. The summed E-state index contributed by atoms with van der Waals surface area (Å²) in [7, 11) is -4.73. The number of phosphoric acid groups is 1. The van der Waals surface area contributed by atoms with E-state index in [9.17, 15) is 32.3 Å². The fourth-order valence-electron chi connectivity index (χ4n) is 4.73. The molecule has 0 saturated carbocycles. The highest BCUT2D eigenvalue weighted by atomic mass is 35.5. The molecule has 50 heavy (non-hydrogen) atoms. The number of aryl methyl sites for hydroxylation is 2. The molecule has 4 aromatic rings. The number of phosphoric ester groups is 1. The topological polar surface area (TPSA) is 202 Å². The van der Waals surface area contributed by atoms with Crippen molar-refractivity contribution in [1.82, 2.24) is 14.8 Å². The van der Waals surface area contributed by atoms with E-state index in [1.165, 1.54) is 0 Å². The molecule has 0 unspecified atom stereocenters. The Morgan fingerprint density at radius 2 is 1.80 bits per heavy atom. The Labute approximate surface area is 292 Å². The second-order valence-electron chi connectivity index (χ2n) is 10.6. The molecule has 0 aliphatic carbocycles. The van der Waals surface area contributed by atoms with Crippen LogP contribution in [0.2, 0.25) is 5.02 Å². The summed E-state index contributed by atoms with van der Waals surface area (Å²) in [5.41, 5.74) is 10.4. The number of benzene rings is 2. The van der Waals surface area contributed by atoms with E-state index in [2.05, 4.69) is 45.7 Å². The lowest BCUT2D eigenvalue weighted by atomic mass is 9.99. The Hall–Kier alpha value is -4.40. The number of alkyl halides is 3. The molecule has 2 aromatic heterocycles. The molecule has 2 aromatic carbocycles. The summed E-state index contributed by atoms with van der Waals surface area (Å²) in [4.78, 5) is 47.0. The van der Waals surface area contributed by atoms with E-state index in [0.717, 1.165) is 32.3 Å². The van der Waals surface area contributed by atoms with E-state index in [-0.39, 0.29) is 18.9 Å². The third kappa shape index (κ3) is 9.43. The zero-order valence-corrected chi connectivity index (χ0v) is 28.9. The van der Waals surface area contributed by atoms with Gasteiger partial charge in [0.1, 0.15) is 16.9 Å². The summed E-state index contributed by atoms with van der Waals surface area (Å²) in [6.45, 7) is 5.67. The van der Waals surface area contributed by atoms with Gasteiger partial charge in [-0.2, -0.15) is 13.2 Å². The standard InChI is InChI=1S/C29H28ClN6O5PS.C2HF3O2/c1-16-17(2)43-29-26(16)27(20-6-9-22(30)10-7-20)33-24(28-35-34-18(3)36(28)29)14-25(37)32-23-11-8-19(5-4-12-31)21(13-23)15-41-42(38,39)40;3-2(4,5)1(6)7/h6-11,13,24H,12,14-15,31H2,1-3H3,(H,32,37)(H2,38,39,40);(H,6,7)/t24-;/m0./s1. The Kier molecular flexibility index (Phi) is 12.0. The van der Waals surface area contributed by atoms with Gasteiger partial charge >= 0.3 is 20.0 Å². The first kappa shape index (κ1) is 38.4. The van der Waals surface area contributed by atoms with Crippen LogP contribution in [0.5, 0.6) is 0 Å². The second-order valence-corrected chi connectivity index (χ2v) is 13.5. The number of aromatic nitrogens is 3. The molecule has 5 rings (SSSR count). The molecule has 13 nitrogen and oxygen atoms in total. The summed E-state index contributed by atoms with van der Waals surface area (Å²) in [6.07, 6.45) is -5.13. The quantitative estimate of drug-likeness (QED) is 0.121. The van der Waals surface area contributed by atoms with Crippen molar-refractivity contribution in [2.45, 2.75) is 46.0 Å². The number of aliphatic imine (C=N–C) groups is 1. The monoisotopic (exact) mass is 752 g/mol. The van der Waals surface area contributed by atoms with Crippen molar-refractivity contribution in [1.29, 1.82) is 0 Å². The van der Waals surface area contributed by atoms with Crippen molar-refractivity contribution < 1.29 is 46.7 Å². The third-order valence-corrected chi connectivity index (χ3v) is 8.99. The van der Waals surface area contributed by atoms with E-state index < -0.39 is 32.6 Å². The van der Waals surface area contributed by atoms with Gasteiger partial charge in [0, 0.05) is 32.3 Å². The number of thiophene rings is 1. The maximum atomic E-state index is 13.5. The molecule has 1 amide bonds. The average Bonchev–Trinajstić information content (AvgIpc) is 3.51. The van der Waals surface area contributed by atoms with Crippen molar-refractivity contribution >= 4 is 54.0 Å². The van der Waals surface area contributed by atoms with Crippen molar-refractivity contribution in [3.63, 3.8) is 0 Å². The lowest BCUT2D eigenvalue weighted by Crippen LogP contribution is -2.21. The van der Waals surface area contributed by atoms with Crippen LogP contribution in [0.25, 0.3) is 5.00 Å². The van der Waals surface area contributed by atoms with Crippen LogP contribution in [-0.4, -0.2) is 60.0 Å². The average molecular weight is 753 g/mol. The highest BCUT2D eigenvalue weighted by Crippen LogP contribution is 2.40.